The molecular formula is C38H45ClN4O8S. The van der Waals surface area contributed by atoms with Crippen LogP contribution < -0.4 is 20.1 Å². The lowest BCUT2D eigenvalue weighted by Crippen LogP contribution is -2.61. The van der Waals surface area contributed by atoms with Crippen molar-refractivity contribution < 1.29 is 37.1 Å². The topological polar surface area (TPSA) is 160 Å². The molecule has 2 aromatic rings. The van der Waals surface area contributed by atoms with Crippen LogP contribution in [-0.4, -0.2) is 66.1 Å². The first-order valence-electron chi connectivity index (χ1n) is 18.4. The van der Waals surface area contributed by atoms with Gasteiger partial charge in [0.2, 0.25) is 21.8 Å². The average Bonchev–Trinajstić information content (AvgIpc) is 4.03. The van der Waals surface area contributed by atoms with E-state index in [1.165, 1.54) is 4.90 Å². The third-order valence-corrected chi connectivity index (χ3v) is 12.8. The molecule has 2 aliphatic heterocycles. The minimum atomic E-state index is -3.88. The normalized spacial score (nSPS) is 27.4. The molecule has 3 saturated carbocycles. The maximum atomic E-state index is 14.5. The molecule has 4 amide bonds. The number of hydrogen-bond acceptors (Lipinski definition) is 8. The van der Waals surface area contributed by atoms with Crippen molar-refractivity contribution in [3.05, 3.63) is 70.8 Å². The van der Waals surface area contributed by atoms with Crippen LogP contribution in [0.4, 0.5) is 4.79 Å². The number of benzene rings is 2. The molecule has 3 aliphatic carbocycles. The molecule has 0 bridgehead atoms. The zero-order valence-electron chi connectivity index (χ0n) is 29.0. The molecule has 0 spiro atoms. The van der Waals surface area contributed by atoms with E-state index >= 15 is 0 Å². The van der Waals surface area contributed by atoms with Gasteiger partial charge in [0.25, 0.3) is 5.91 Å². The Balaban J connectivity index is 1.19. The number of carbonyl (C=O) groups excluding carboxylic acids is 4. The van der Waals surface area contributed by atoms with E-state index in [1.807, 2.05) is 24.3 Å². The van der Waals surface area contributed by atoms with Gasteiger partial charge in [-0.25, -0.2) is 13.2 Å². The molecule has 5 aliphatic rings. The zero-order valence-corrected chi connectivity index (χ0v) is 30.6. The van der Waals surface area contributed by atoms with Crippen LogP contribution >= 0.6 is 11.6 Å². The van der Waals surface area contributed by atoms with Gasteiger partial charge in [0.1, 0.15) is 35.2 Å². The number of alkyl carbamates (subject to hydrolysis) is 1. The molecule has 12 nitrogen and oxygen atoms in total. The van der Waals surface area contributed by atoms with E-state index in [9.17, 15) is 27.6 Å². The third kappa shape index (κ3) is 8.25. The highest BCUT2D eigenvalue weighted by Crippen LogP contribution is 2.46. The molecule has 2 aromatic carbocycles. The maximum Gasteiger partial charge on any atom is 0.408 e. The van der Waals surface area contributed by atoms with E-state index in [-0.39, 0.29) is 25.5 Å². The highest BCUT2D eigenvalue weighted by atomic mass is 35.5. The number of halogens is 1. The Bertz CT molecular complexity index is 1860. The Labute approximate surface area is 309 Å². The van der Waals surface area contributed by atoms with Gasteiger partial charge in [-0.1, -0.05) is 48.7 Å². The summed E-state index contributed by atoms with van der Waals surface area (Å²) >= 11 is 6.16. The Kier molecular flexibility index (Phi) is 10.5. The van der Waals surface area contributed by atoms with Crippen molar-refractivity contribution in [1.82, 2.24) is 20.3 Å². The van der Waals surface area contributed by atoms with Gasteiger partial charge in [-0.05, 0) is 106 Å². The largest absolute Gasteiger partial charge is 0.457 e. The van der Waals surface area contributed by atoms with E-state index in [0.29, 0.717) is 48.6 Å². The summed E-state index contributed by atoms with van der Waals surface area (Å²) in [6.45, 7) is 0.0676. The predicted molar refractivity (Wildman–Crippen MR) is 193 cm³/mol. The molecule has 2 heterocycles. The van der Waals surface area contributed by atoms with Crippen LogP contribution in [0.2, 0.25) is 5.02 Å². The number of rotatable bonds is 7. The van der Waals surface area contributed by atoms with Crippen molar-refractivity contribution >= 4 is 45.4 Å². The van der Waals surface area contributed by atoms with E-state index in [1.54, 1.807) is 30.3 Å². The van der Waals surface area contributed by atoms with Crippen molar-refractivity contribution in [3.63, 3.8) is 0 Å². The fourth-order valence-corrected chi connectivity index (χ4v) is 9.11. The summed E-state index contributed by atoms with van der Waals surface area (Å²) in [6.07, 6.45) is 11.2. The number of hydrogen-bond donors (Lipinski definition) is 3. The number of ether oxygens (including phenoxy) is 2. The molecule has 7 rings (SSSR count). The van der Waals surface area contributed by atoms with Gasteiger partial charge in [-0.3, -0.25) is 19.1 Å². The Morgan fingerprint density at radius 3 is 2.46 bits per heavy atom. The summed E-state index contributed by atoms with van der Waals surface area (Å²) in [5.41, 5.74) is 0.0930. The van der Waals surface area contributed by atoms with Crippen LogP contribution in [0.3, 0.4) is 0 Å². The lowest BCUT2D eigenvalue weighted by Gasteiger charge is -2.39. The first kappa shape index (κ1) is 36.3. The molecule has 3 fully saturated rings. The summed E-state index contributed by atoms with van der Waals surface area (Å²) < 4.78 is 39.6. The standard InChI is InChI=1S/C38H45ClN4O8S/c39-27-10-8-13-29(21-27)50-30-16-15-24-23-43-33(20-25(24)19-30)34(44)41-38(36(46)42-52(48,49)31-17-18-31)22-26(38)9-4-2-1-3-5-14-32(35(43)45)40-37(47)51-28-11-6-7-12-28/h4,8-10,13,15-16,19,21,26,28,31-33H,1-3,5-7,11-12,14,17-18,20,22-23H2,(H,40,47)(H,41,44)(H,42,46)/b9-4-/t26-,32-,33+,38+/m0/s1. The lowest BCUT2D eigenvalue weighted by molar-refractivity contribution is -0.144. The van der Waals surface area contributed by atoms with E-state index in [2.05, 4.69) is 15.4 Å². The predicted octanol–water partition coefficient (Wildman–Crippen LogP) is 5.43. The second kappa shape index (κ2) is 15.1. The molecule has 4 atom stereocenters. The number of sulfonamides is 1. The highest BCUT2D eigenvalue weighted by Gasteiger charge is 2.62. The van der Waals surface area contributed by atoms with Gasteiger partial charge >= 0.3 is 6.09 Å². The fourth-order valence-electron chi connectivity index (χ4n) is 7.56. The van der Waals surface area contributed by atoms with Crippen molar-refractivity contribution in [2.24, 2.45) is 5.92 Å². The van der Waals surface area contributed by atoms with Crippen LogP contribution in [0.25, 0.3) is 0 Å². The zero-order chi connectivity index (χ0) is 36.5. The van der Waals surface area contributed by atoms with Crippen LogP contribution in [0.5, 0.6) is 11.5 Å². The van der Waals surface area contributed by atoms with Gasteiger partial charge < -0.3 is 25.0 Å². The minimum Gasteiger partial charge on any atom is -0.457 e. The van der Waals surface area contributed by atoms with E-state index in [4.69, 9.17) is 21.1 Å². The number of allylic oxidation sites excluding steroid dienone is 1. The second-order valence-electron chi connectivity index (χ2n) is 14.7. The van der Waals surface area contributed by atoms with Crippen molar-refractivity contribution in [2.75, 3.05) is 0 Å². The van der Waals surface area contributed by atoms with Crippen LogP contribution in [0.1, 0.15) is 88.2 Å². The average molecular weight is 753 g/mol. The number of nitrogens with zero attached hydrogens (tertiary/aromatic N) is 1. The van der Waals surface area contributed by atoms with E-state index < -0.39 is 62.6 Å². The van der Waals surface area contributed by atoms with Crippen LogP contribution in [0.15, 0.2) is 54.6 Å². The van der Waals surface area contributed by atoms with Crippen LogP contribution in [0, 0.1) is 5.92 Å². The highest BCUT2D eigenvalue weighted by molar-refractivity contribution is 7.91. The molecule has 3 N–H and O–H groups in total. The summed E-state index contributed by atoms with van der Waals surface area (Å²) in [7, 11) is -3.88. The molecule has 278 valence electrons. The molecule has 0 aromatic heterocycles. The van der Waals surface area contributed by atoms with Crippen molar-refractivity contribution in [3.8, 4) is 11.5 Å². The number of nitrogens with one attached hydrogen (secondary N) is 3. The first-order valence-corrected chi connectivity index (χ1v) is 20.3. The minimum absolute atomic E-state index is 0.0676. The Hall–Kier alpha value is -4.10. The van der Waals surface area contributed by atoms with Gasteiger partial charge in [0.15, 0.2) is 0 Å². The SMILES string of the molecule is O=C(N[C@H]1CCCCC/C=C\[C@H]2C[C@@]2(C(=O)NS(=O)(=O)C2CC2)NC(=O)[C@H]2Cc3cc(Oc4cccc(Cl)c4)ccc3CN2C1=O)OC1CCCC1. The maximum absolute atomic E-state index is 14.5. The van der Waals surface area contributed by atoms with Crippen LogP contribution in [-0.2, 0) is 42.1 Å². The monoisotopic (exact) mass is 752 g/mol. The Morgan fingerprint density at radius 2 is 1.69 bits per heavy atom. The summed E-state index contributed by atoms with van der Waals surface area (Å²) in [5.74, 6) is -1.14. The second-order valence-corrected chi connectivity index (χ2v) is 17.1. The molecule has 0 radical (unpaired) electrons. The van der Waals surface area contributed by atoms with Gasteiger partial charge in [-0.15, -0.1) is 0 Å². The smallest absolute Gasteiger partial charge is 0.408 e. The first-order chi connectivity index (χ1) is 25.0. The summed E-state index contributed by atoms with van der Waals surface area (Å²) in [4.78, 5) is 57.3. The third-order valence-electron chi connectivity index (χ3n) is 10.8. The molecule has 0 saturated heterocycles. The fraction of sp³-hybridized carbons (Fsp3) is 0.526. The number of amides is 4. The van der Waals surface area contributed by atoms with Gasteiger partial charge in [-0.2, -0.15) is 0 Å². The summed E-state index contributed by atoms with van der Waals surface area (Å²) in [5, 5.41) is 5.64. The molecule has 14 heteroatoms. The van der Waals surface area contributed by atoms with Crippen molar-refractivity contribution in [1.29, 1.82) is 0 Å². The molecule has 52 heavy (non-hydrogen) atoms. The molecule has 0 unspecified atom stereocenters. The molecular weight excluding hydrogens is 708 g/mol. The quantitative estimate of drug-likeness (QED) is 0.316. The van der Waals surface area contributed by atoms with E-state index in [0.717, 1.165) is 49.7 Å². The number of fused-ring (bicyclic) bond motifs is 3. The van der Waals surface area contributed by atoms with Crippen molar-refractivity contribution in [2.45, 2.75) is 119 Å². The summed E-state index contributed by atoms with van der Waals surface area (Å²) in [6, 6.07) is 10.4. The Morgan fingerprint density at radius 1 is 0.923 bits per heavy atom. The van der Waals surface area contributed by atoms with Gasteiger partial charge in [0.05, 0.1) is 5.25 Å². The number of carbonyl (C=O) groups is 4. The van der Waals surface area contributed by atoms with Gasteiger partial charge in [0, 0.05) is 23.9 Å². The lowest BCUT2D eigenvalue weighted by atomic mass is 9.91.